The van der Waals surface area contributed by atoms with Gasteiger partial charge in [0.15, 0.2) is 0 Å². The maximum absolute atomic E-state index is 12.4. The molecule has 0 unspecified atom stereocenters. The predicted molar refractivity (Wildman–Crippen MR) is 103 cm³/mol. The Hall–Kier alpha value is -3.52. The van der Waals surface area contributed by atoms with E-state index in [0.29, 0.717) is 11.4 Å². The molecule has 0 radical (unpaired) electrons. The summed E-state index contributed by atoms with van der Waals surface area (Å²) in [7, 11) is 1.59. The fourth-order valence-electron chi connectivity index (χ4n) is 2.53. The third kappa shape index (κ3) is 4.41. The van der Waals surface area contributed by atoms with Gasteiger partial charge in [-0.2, -0.15) is 0 Å². The van der Waals surface area contributed by atoms with Gasteiger partial charge in [-0.1, -0.05) is 11.6 Å². The third-order valence-electron chi connectivity index (χ3n) is 3.94. The molecule has 1 amide bonds. The number of nitrogens with one attached hydrogen (secondary N) is 1. The second kappa shape index (κ2) is 8.45. The Morgan fingerprint density at radius 3 is 2.61 bits per heavy atom. The molecule has 1 aromatic heterocycles. The van der Waals surface area contributed by atoms with Gasteiger partial charge in [-0.25, -0.2) is 9.97 Å². The monoisotopic (exact) mass is 398 g/mol. The molecule has 142 valence electrons. The zero-order valence-corrected chi connectivity index (χ0v) is 15.5. The smallest absolute Gasteiger partial charge is 0.282 e. The van der Waals surface area contributed by atoms with Crippen LogP contribution in [-0.2, 0) is 6.54 Å². The van der Waals surface area contributed by atoms with E-state index in [4.69, 9.17) is 16.3 Å². The van der Waals surface area contributed by atoms with Crippen LogP contribution < -0.4 is 10.1 Å². The van der Waals surface area contributed by atoms with Crippen LogP contribution in [0.4, 0.5) is 5.69 Å². The van der Waals surface area contributed by atoms with E-state index in [1.165, 1.54) is 24.5 Å². The number of halogens is 1. The standard InChI is InChI=1S/C19H15ClN4O4/c1-28-15-5-2-12(3-6-15)17-9-14(22-11-23-17)10-21-19(25)16-8-13(20)4-7-18(16)24(26)27/h2-9,11H,10H2,1H3,(H,21,25). The number of benzene rings is 2. The number of carbonyl (C=O) groups is 1. The SMILES string of the molecule is COc1ccc(-c2cc(CNC(=O)c3cc(Cl)ccc3[N+](=O)[O-])ncn2)cc1. The van der Waals surface area contributed by atoms with Crippen molar-refractivity contribution in [3.63, 3.8) is 0 Å². The van der Waals surface area contributed by atoms with Crippen molar-refractivity contribution in [2.24, 2.45) is 0 Å². The molecule has 0 saturated heterocycles. The number of nitro groups is 1. The number of carbonyl (C=O) groups excluding carboxylic acids is 1. The van der Waals surface area contributed by atoms with E-state index in [9.17, 15) is 14.9 Å². The quantitative estimate of drug-likeness (QED) is 0.501. The molecule has 1 heterocycles. The highest BCUT2D eigenvalue weighted by molar-refractivity contribution is 6.31. The Morgan fingerprint density at radius 1 is 1.18 bits per heavy atom. The molecule has 0 aliphatic heterocycles. The van der Waals surface area contributed by atoms with Gasteiger partial charge in [-0.05, 0) is 42.5 Å². The number of aromatic nitrogens is 2. The fraction of sp³-hybridized carbons (Fsp3) is 0.105. The molecule has 8 nitrogen and oxygen atoms in total. The minimum absolute atomic E-state index is 0.0776. The van der Waals surface area contributed by atoms with Crippen molar-refractivity contribution in [1.29, 1.82) is 0 Å². The number of ether oxygens (including phenoxy) is 1. The van der Waals surface area contributed by atoms with Crippen LogP contribution in [-0.4, -0.2) is 27.9 Å². The molecule has 0 aliphatic carbocycles. The Morgan fingerprint density at radius 2 is 1.93 bits per heavy atom. The van der Waals surface area contributed by atoms with Gasteiger partial charge in [-0.3, -0.25) is 14.9 Å². The van der Waals surface area contributed by atoms with Gasteiger partial charge in [-0.15, -0.1) is 0 Å². The molecular weight excluding hydrogens is 384 g/mol. The highest BCUT2D eigenvalue weighted by Crippen LogP contribution is 2.23. The van der Waals surface area contributed by atoms with E-state index in [1.807, 2.05) is 24.3 Å². The number of rotatable bonds is 6. The number of methoxy groups -OCH3 is 1. The van der Waals surface area contributed by atoms with Crippen molar-refractivity contribution in [3.05, 3.63) is 81.3 Å². The van der Waals surface area contributed by atoms with E-state index in [1.54, 1.807) is 13.2 Å². The summed E-state index contributed by atoms with van der Waals surface area (Å²) in [6.07, 6.45) is 1.39. The Labute approximate surface area is 165 Å². The second-order valence-electron chi connectivity index (χ2n) is 5.72. The van der Waals surface area contributed by atoms with Crippen LogP contribution >= 0.6 is 11.6 Å². The summed E-state index contributed by atoms with van der Waals surface area (Å²) >= 11 is 5.86. The number of hydrogen-bond donors (Lipinski definition) is 1. The van der Waals surface area contributed by atoms with Gasteiger partial charge in [0.1, 0.15) is 17.6 Å². The maximum Gasteiger partial charge on any atom is 0.282 e. The van der Waals surface area contributed by atoms with Crippen LogP contribution in [0.15, 0.2) is 54.9 Å². The minimum Gasteiger partial charge on any atom is -0.497 e. The highest BCUT2D eigenvalue weighted by Gasteiger charge is 2.20. The average Bonchev–Trinajstić information content (AvgIpc) is 2.72. The largest absolute Gasteiger partial charge is 0.497 e. The lowest BCUT2D eigenvalue weighted by Gasteiger charge is -2.08. The minimum atomic E-state index is -0.627. The second-order valence-corrected chi connectivity index (χ2v) is 6.16. The van der Waals surface area contributed by atoms with E-state index in [-0.39, 0.29) is 22.8 Å². The molecule has 3 aromatic rings. The Kier molecular flexibility index (Phi) is 5.81. The van der Waals surface area contributed by atoms with Gasteiger partial charge < -0.3 is 10.1 Å². The Bertz CT molecular complexity index is 1020. The summed E-state index contributed by atoms with van der Waals surface area (Å²) in [5, 5.41) is 14.0. The summed E-state index contributed by atoms with van der Waals surface area (Å²) in [4.78, 5) is 31.2. The van der Waals surface area contributed by atoms with Gasteiger partial charge in [0, 0.05) is 16.7 Å². The molecule has 3 rings (SSSR count). The first-order chi connectivity index (χ1) is 13.5. The summed E-state index contributed by atoms with van der Waals surface area (Å²) in [6, 6.07) is 12.9. The summed E-state index contributed by atoms with van der Waals surface area (Å²) in [5.41, 5.74) is 1.67. The molecule has 0 bridgehead atoms. The molecule has 9 heteroatoms. The van der Waals surface area contributed by atoms with Gasteiger partial charge >= 0.3 is 0 Å². The zero-order chi connectivity index (χ0) is 20.1. The maximum atomic E-state index is 12.4. The lowest BCUT2D eigenvalue weighted by atomic mass is 10.1. The molecule has 0 saturated carbocycles. The summed E-state index contributed by atoms with van der Waals surface area (Å²) in [6.45, 7) is 0.0776. The third-order valence-corrected chi connectivity index (χ3v) is 4.17. The van der Waals surface area contributed by atoms with E-state index >= 15 is 0 Å². The van der Waals surface area contributed by atoms with Crippen LogP contribution in [0.1, 0.15) is 16.1 Å². The zero-order valence-electron chi connectivity index (χ0n) is 14.8. The van der Waals surface area contributed by atoms with Gasteiger partial charge in [0.2, 0.25) is 0 Å². The van der Waals surface area contributed by atoms with Gasteiger partial charge in [0.25, 0.3) is 11.6 Å². The molecule has 0 spiro atoms. The molecule has 28 heavy (non-hydrogen) atoms. The first-order valence-corrected chi connectivity index (χ1v) is 8.53. The van der Waals surface area contributed by atoms with E-state index in [0.717, 1.165) is 11.3 Å². The van der Waals surface area contributed by atoms with Crippen LogP contribution in [0.25, 0.3) is 11.3 Å². The molecule has 1 N–H and O–H groups in total. The van der Waals surface area contributed by atoms with Crippen molar-refractivity contribution in [3.8, 4) is 17.0 Å². The number of hydrogen-bond acceptors (Lipinski definition) is 6. The van der Waals surface area contributed by atoms with Crippen molar-refractivity contribution >= 4 is 23.2 Å². The number of nitro benzene ring substituents is 1. The molecule has 0 aliphatic rings. The topological polar surface area (TPSA) is 107 Å². The van der Waals surface area contributed by atoms with Crippen LogP contribution in [0.3, 0.4) is 0 Å². The van der Waals surface area contributed by atoms with Crippen LogP contribution in [0.2, 0.25) is 5.02 Å². The summed E-state index contributed by atoms with van der Waals surface area (Å²) in [5.74, 6) is 0.118. The highest BCUT2D eigenvalue weighted by atomic mass is 35.5. The molecule has 0 atom stereocenters. The lowest BCUT2D eigenvalue weighted by Crippen LogP contribution is -2.24. The van der Waals surface area contributed by atoms with E-state index in [2.05, 4.69) is 15.3 Å². The molecule has 0 fully saturated rings. The first kappa shape index (κ1) is 19.2. The normalized spacial score (nSPS) is 10.4. The predicted octanol–water partition coefficient (Wildman–Crippen LogP) is 3.64. The van der Waals surface area contributed by atoms with Crippen molar-refractivity contribution in [2.45, 2.75) is 6.54 Å². The van der Waals surface area contributed by atoms with Crippen molar-refractivity contribution < 1.29 is 14.5 Å². The van der Waals surface area contributed by atoms with E-state index < -0.39 is 10.8 Å². The van der Waals surface area contributed by atoms with Crippen LogP contribution in [0, 0.1) is 10.1 Å². The summed E-state index contributed by atoms with van der Waals surface area (Å²) < 4.78 is 5.13. The molecule has 2 aromatic carbocycles. The van der Waals surface area contributed by atoms with Gasteiger partial charge in [0.05, 0.1) is 30.0 Å². The van der Waals surface area contributed by atoms with Crippen molar-refractivity contribution in [1.82, 2.24) is 15.3 Å². The number of nitrogens with zero attached hydrogens (tertiary/aromatic N) is 3. The van der Waals surface area contributed by atoms with Crippen molar-refractivity contribution in [2.75, 3.05) is 7.11 Å². The Balaban J connectivity index is 1.75. The lowest BCUT2D eigenvalue weighted by molar-refractivity contribution is -0.385. The number of amides is 1. The molecular formula is C19H15ClN4O4. The first-order valence-electron chi connectivity index (χ1n) is 8.15. The fourth-order valence-corrected chi connectivity index (χ4v) is 2.70. The van der Waals surface area contributed by atoms with Crippen LogP contribution in [0.5, 0.6) is 5.75 Å². The average molecular weight is 399 g/mol.